The summed E-state index contributed by atoms with van der Waals surface area (Å²) < 4.78 is 5.26. The Morgan fingerprint density at radius 2 is 1.35 bits per heavy atom. The lowest BCUT2D eigenvalue weighted by Crippen LogP contribution is -2.20. The normalized spacial score (nSPS) is 11.9. The summed E-state index contributed by atoms with van der Waals surface area (Å²) in [5, 5.41) is 13.7. The van der Waals surface area contributed by atoms with Crippen molar-refractivity contribution in [1.29, 1.82) is 0 Å². The number of aromatic hydroxyl groups is 1. The summed E-state index contributed by atoms with van der Waals surface area (Å²) in [5.41, 5.74) is 1.23. The van der Waals surface area contributed by atoms with Crippen molar-refractivity contribution in [3.63, 3.8) is 0 Å². The first-order valence-electron chi connectivity index (χ1n) is 7.48. The van der Waals surface area contributed by atoms with E-state index in [1.54, 1.807) is 13.2 Å². The van der Waals surface area contributed by atoms with Gasteiger partial charge < -0.3 is 9.84 Å². The minimum atomic E-state index is -0.802. The smallest absolute Gasteiger partial charge is 0.123 e. The van der Waals surface area contributed by atoms with E-state index >= 15 is 0 Å². The molecule has 2 nitrogen and oxygen atoms in total. The van der Waals surface area contributed by atoms with Gasteiger partial charge in [-0.2, -0.15) is 0 Å². The Labute approximate surface area is 138 Å². The van der Waals surface area contributed by atoms with E-state index in [-0.39, 0.29) is 0 Å². The molecule has 116 valence electrons. The second-order valence-electron chi connectivity index (χ2n) is 5.36. The molecule has 1 atom stereocenters. The van der Waals surface area contributed by atoms with Gasteiger partial charge >= 0.3 is 0 Å². The molecule has 0 aliphatic rings. The first-order valence-corrected chi connectivity index (χ1v) is 8.82. The van der Waals surface area contributed by atoms with Gasteiger partial charge in [0.25, 0.3) is 0 Å². The summed E-state index contributed by atoms with van der Waals surface area (Å²) in [6.07, 6.45) is 0. The van der Waals surface area contributed by atoms with E-state index in [9.17, 15) is 5.11 Å². The number of para-hydroxylation sites is 1. The largest absolute Gasteiger partial charge is 0.507 e. The van der Waals surface area contributed by atoms with Gasteiger partial charge in [0, 0.05) is 5.30 Å². The molecule has 0 aliphatic heterocycles. The zero-order chi connectivity index (χ0) is 16.2. The number of hydrogen-bond acceptors (Lipinski definition) is 2. The van der Waals surface area contributed by atoms with Crippen LogP contribution in [0.25, 0.3) is 0 Å². The van der Waals surface area contributed by atoms with Crippen molar-refractivity contribution >= 4 is 23.8 Å². The number of methoxy groups -OCH3 is 1. The zero-order valence-corrected chi connectivity index (χ0v) is 14.1. The van der Waals surface area contributed by atoms with Gasteiger partial charge in [0.15, 0.2) is 0 Å². The Hall–Kier alpha value is -2.31. The number of aryl methyl sites for hydroxylation is 1. The highest BCUT2D eigenvalue weighted by molar-refractivity contribution is 7.80. The first-order chi connectivity index (χ1) is 11.2. The van der Waals surface area contributed by atoms with E-state index in [1.807, 2.05) is 30.3 Å². The molecular weight excluding hydrogens is 303 g/mol. The third-order valence-corrected chi connectivity index (χ3v) is 6.23. The lowest BCUT2D eigenvalue weighted by atomic mass is 10.2. The maximum Gasteiger partial charge on any atom is 0.123 e. The fourth-order valence-corrected chi connectivity index (χ4v) is 4.79. The zero-order valence-electron chi connectivity index (χ0n) is 13.2. The van der Waals surface area contributed by atoms with Crippen LogP contribution in [0.3, 0.4) is 0 Å². The predicted molar refractivity (Wildman–Crippen MR) is 98.1 cm³/mol. The molecule has 0 saturated carbocycles. The Morgan fingerprint density at radius 1 is 0.783 bits per heavy atom. The highest BCUT2D eigenvalue weighted by Crippen LogP contribution is 2.36. The molecule has 3 heteroatoms. The van der Waals surface area contributed by atoms with Crippen LogP contribution >= 0.6 is 7.92 Å². The number of phenols is 1. The monoisotopic (exact) mass is 322 g/mol. The highest BCUT2D eigenvalue weighted by Gasteiger charge is 2.19. The van der Waals surface area contributed by atoms with E-state index in [0.717, 1.165) is 11.1 Å². The summed E-state index contributed by atoms with van der Waals surface area (Å²) in [6, 6.07) is 24.2. The van der Waals surface area contributed by atoms with E-state index in [0.29, 0.717) is 5.75 Å². The molecule has 3 aromatic carbocycles. The lowest BCUT2D eigenvalue weighted by Gasteiger charge is -2.20. The second kappa shape index (κ2) is 6.85. The minimum absolute atomic E-state index is 0.343. The molecule has 1 N–H and O–H groups in total. The molecule has 0 radical (unpaired) electrons. The van der Waals surface area contributed by atoms with E-state index in [2.05, 4.69) is 43.3 Å². The molecule has 0 saturated heterocycles. The van der Waals surface area contributed by atoms with Gasteiger partial charge in [-0.25, -0.2) is 0 Å². The Morgan fingerprint density at radius 3 is 1.91 bits per heavy atom. The first kappa shape index (κ1) is 15.6. The highest BCUT2D eigenvalue weighted by atomic mass is 31.1. The summed E-state index contributed by atoms with van der Waals surface area (Å²) in [4.78, 5) is 0. The van der Waals surface area contributed by atoms with Crippen molar-refractivity contribution in [3.8, 4) is 11.5 Å². The summed E-state index contributed by atoms with van der Waals surface area (Å²) in [7, 11) is 0.865. The predicted octanol–water partition coefficient (Wildman–Crippen LogP) is 3.47. The number of ether oxygens (including phenoxy) is 1. The van der Waals surface area contributed by atoms with Crippen LogP contribution in [0.5, 0.6) is 11.5 Å². The van der Waals surface area contributed by atoms with Crippen molar-refractivity contribution in [2.75, 3.05) is 7.11 Å². The molecule has 0 aromatic heterocycles. The molecule has 0 fully saturated rings. The fourth-order valence-electron chi connectivity index (χ4n) is 2.51. The van der Waals surface area contributed by atoms with Crippen LogP contribution in [0, 0.1) is 6.92 Å². The fraction of sp³-hybridized carbons (Fsp3) is 0.100. The van der Waals surface area contributed by atoms with Crippen molar-refractivity contribution in [2.45, 2.75) is 6.92 Å². The molecule has 0 bridgehead atoms. The maximum absolute atomic E-state index is 10.4. The average Bonchev–Trinajstić information content (AvgIpc) is 2.59. The van der Waals surface area contributed by atoms with Crippen molar-refractivity contribution < 1.29 is 9.84 Å². The van der Waals surface area contributed by atoms with Crippen LogP contribution in [-0.2, 0) is 0 Å². The molecular formula is C20H19O2P. The maximum atomic E-state index is 10.4. The Bertz CT molecular complexity index is 779. The lowest BCUT2D eigenvalue weighted by molar-refractivity contribution is 0.415. The average molecular weight is 322 g/mol. The van der Waals surface area contributed by atoms with Gasteiger partial charge in [-0.05, 0) is 43.7 Å². The third-order valence-electron chi connectivity index (χ3n) is 3.75. The molecule has 0 heterocycles. The van der Waals surface area contributed by atoms with Gasteiger partial charge in [0.2, 0.25) is 0 Å². The molecule has 3 aromatic rings. The number of hydrogen-bond donors (Lipinski definition) is 1. The van der Waals surface area contributed by atoms with Gasteiger partial charge in [-0.1, -0.05) is 60.2 Å². The summed E-state index contributed by atoms with van der Waals surface area (Å²) in [6.45, 7) is 2.08. The van der Waals surface area contributed by atoms with Gasteiger partial charge in [0.05, 0.1) is 7.11 Å². The molecule has 23 heavy (non-hydrogen) atoms. The number of phenolic OH excluding ortho intramolecular Hbond substituents is 1. The molecule has 1 unspecified atom stereocenters. The SMILES string of the molecule is COc1ccc(P(c2ccc(C)cc2)c2ccccc2O)cc1. The standard InChI is InChI=1S/C20H19O2P/c1-15-7-11-17(12-8-15)23(20-6-4-3-5-19(20)21)18-13-9-16(22-2)10-14-18/h3-14,21H,1-2H3. The third kappa shape index (κ3) is 3.38. The quantitative estimate of drug-likeness (QED) is 0.745. The van der Waals surface area contributed by atoms with Crippen molar-refractivity contribution in [2.24, 2.45) is 0 Å². The molecule has 0 amide bonds. The van der Waals surface area contributed by atoms with Crippen molar-refractivity contribution in [3.05, 3.63) is 78.4 Å². The van der Waals surface area contributed by atoms with Crippen LogP contribution in [0.4, 0.5) is 0 Å². The van der Waals surface area contributed by atoms with E-state index < -0.39 is 7.92 Å². The van der Waals surface area contributed by atoms with E-state index in [1.165, 1.54) is 16.2 Å². The van der Waals surface area contributed by atoms with Crippen LogP contribution in [-0.4, -0.2) is 12.2 Å². The minimum Gasteiger partial charge on any atom is -0.507 e. The summed E-state index contributed by atoms with van der Waals surface area (Å²) >= 11 is 0. The number of rotatable bonds is 4. The second-order valence-corrected chi connectivity index (χ2v) is 7.54. The Balaban J connectivity index is 2.13. The number of benzene rings is 3. The van der Waals surface area contributed by atoms with Crippen molar-refractivity contribution in [1.82, 2.24) is 0 Å². The topological polar surface area (TPSA) is 29.5 Å². The van der Waals surface area contributed by atoms with Crippen LogP contribution in [0.1, 0.15) is 5.56 Å². The molecule has 0 spiro atoms. The summed E-state index contributed by atoms with van der Waals surface area (Å²) in [5.74, 6) is 1.18. The van der Waals surface area contributed by atoms with Crippen LogP contribution < -0.4 is 20.7 Å². The van der Waals surface area contributed by atoms with Crippen LogP contribution in [0.15, 0.2) is 72.8 Å². The van der Waals surface area contributed by atoms with Crippen LogP contribution in [0.2, 0.25) is 0 Å². The Kier molecular flexibility index (Phi) is 4.64. The van der Waals surface area contributed by atoms with E-state index in [4.69, 9.17) is 4.74 Å². The van der Waals surface area contributed by atoms with Gasteiger partial charge in [-0.15, -0.1) is 0 Å². The van der Waals surface area contributed by atoms with Gasteiger partial charge in [-0.3, -0.25) is 0 Å². The molecule has 3 rings (SSSR count). The van der Waals surface area contributed by atoms with Gasteiger partial charge in [0.1, 0.15) is 11.5 Å². The molecule has 0 aliphatic carbocycles.